The number of carbonyl (C=O) groups excluding carboxylic acids is 1. The van der Waals surface area contributed by atoms with Gasteiger partial charge in [0.15, 0.2) is 5.78 Å². The molecule has 0 saturated carbocycles. The molecule has 0 aliphatic rings. The quantitative estimate of drug-likeness (QED) is 0.764. The van der Waals surface area contributed by atoms with E-state index in [1.807, 2.05) is 57.1 Å². The summed E-state index contributed by atoms with van der Waals surface area (Å²) in [6.07, 6.45) is 3.57. The highest BCUT2D eigenvalue weighted by molar-refractivity contribution is 5.95. The second kappa shape index (κ2) is 8.06. The zero-order valence-electron chi connectivity index (χ0n) is 11.5. The van der Waals surface area contributed by atoms with Crippen LogP contribution < -0.4 is 0 Å². The lowest BCUT2D eigenvalue weighted by atomic mass is 10.0. The molecule has 100 valence electrons. The van der Waals surface area contributed by atoms with Crippen LogP contribution >= 0.6 is 12.4 Å². The van der Waals surface area contributed by atoms with E-state index in [0.717, 1.165) is 12.1 Å². The summed E-state index contributed by atoms with van der Waals surface area (Å²) in [6, 6.07) is 8.13. The Balaban J connectivity index is 0.00000289. The maximum absolute atomic E-state index is 11.8. The average Bonchev–Trinajstić information content (AvgIpc) is 2.25. The lowest BCUT2D eigenvalue weighted by Gasteiger charge is -2.13. The smallest absolute Gasteiger partial charge is 0.159 e. The highest BCUT2D eigenvalue weighted by Crippen LogP contribution is 2.07. The van der Waals surface area contributed by atoms with E-state index in [1.165, 1.54) is 5.56 Å². The van der Waals surface area contributed by atoms with Crippen molar-refractivity contribution in [1.29, 1.82) is 0 Å². The normalized spacial score (nSPS) is 12.5. The van der Waals surface area contributed by atoms with E-state index in [4.69, 9.17) is 0 Å². The number of ketones is 1. The summed E-state index contributed by atoms with van der Waals surface area (Å²) in [6.45, 7) is 4.80. The third kappa shape index (κ3) is 5.99. The van der Waals surface area contributed by atoms with E-state index in [0.29, 0.717) is 0 Å². The molecule has 0 aliphatic carbocycles. The number of halogens is 1. The Labute approximate surface area is 116 Å². The molecule has 0 aliphatic heterocycles. The van der Waals surface area contributed by atoms with Crippen molar-refractivity contribution in [2.45, 2.75) is 13.8 Å². The maximum atomic E-state index is 11.8. The Hall–Kier alpha value is -1.12. The summed E-state index contributed by atoms with van der Waals surface area (Å²) in [4.78, 5) is 13.9. The molecule has 0 heterocycles. The van der Waals surface area contributed by atoms with E-state index in [9.17, 15) is 4.79 Å². The number of aryl methyl sites for hydroxylation is 1. The summed E-state index contributed by atoms with van der Waals surface area (Å²) in [5, 5.41) is 0. The van der Waals surface area contributed by atoms with Gasteiger partial charge in [0.2, 0.25) is 0 Å². The van der Waals surface area contributed by atoms with Crippen LogP contribution in [0.2, 0.25) is 0 Å². The Kier molecular flexibility index (Phi) is 7.56. The van der Waals surface area contributed by atoms with Gasteiger partial charge < -0.3 is 4.90 Å². The minimum Gasteiger partial charge on any atom is -0.309 e. The first-order valence-electron chi connectivity index (χ1n) is 5.92. The first-order valence-corrected chi connectivity index (χ1v) is 5.92. The van der Waals surface area contributed by atoms with Crippen LogP contribution in [0.3, 0.4) is 0 Å². The number of hydrogen-bond donors (Lipinski definition) is 0. The third-order valence-electron chi connectivity index (χ3n) is 2.61. The average molecular weight is 268 g/mol. The van der Waals surface area contributed by atoms with Gasteiger partial charge in [0.1, 0.15) is 0 Å². The van der Waals surface area contributed by atoms with E-state index >= 15 is 0 Å². The Bertz CT molecular complexity index is 413. The Morgan fingerprint density at radius 2 is 2.06 bits per heavy atom. The van der Waals surface area contributed by atoms with Crippen LogP contribution in [-0.4, -0.2) is 31.3 Å². The van der Waals surface area contributed by atoms with Gasteiger partial charge >= 0.3 is 0 Å². The van der Waals surface area contributed by atoms with Crippen LogP contribution in [0, 0.1) is 12.8 Å². The number of hydrogen-bond acceptors (Lipinski definition) is 2. The lowest BCUT2D eigenvalue weighted by molar-refractivity contribution is -0.118. The molecule has 0 radical (unpaired) electrons. The second-order valence-corrected chi connectivity index (χ2v) is 4.81. The SMILES string of the molecule is Cc1cccc(C=CC(=O)C(C)CN(C)C)c1.Cl. The third-order valence-corrected chi connectivity index (χ3v) is 2.61. The Morgan fingerprint density at radius 3 is 2.61 bits per heavy atom. The number of rotatable bonds is 5. The molecule has 2 nitrogen and oxygen atoms in total. The van der Waals surface area contributed by atoms with Gasteiger partial charge in [-0.25, -0.2) is 0 Å². The van der Waals surface area contributed by atoms with Crippen molar-refractivity contribution >= 4 is 24.3 Å². The van der Waals surface area contributed by atoms with Gasteiger partial charge in [-0.15, -0.1) is 12.4 Å². The summed E-state index contributed by atoms with van der Waals surface area (Å²) in [5.74, 6) is 0.228. The summed E-state index contributed by atoms with van der Waals surface area (Å²) >= 11 is 0. The van der Waals surface area contributed by atoms with Gasteiger partial charge in [-0.3, -0.25) is 4.79 Å². The summed E-state index contributed by atoms with van der Waals surface area (Å²) in [7, 11) is 3.96. The number of carbonyl (C=O) groups is 1. The molecular weight excluding hydrogens is 246 g/mol. The first kappa shape index (κ1) is 16.9. The largest absolute Gasteiger partial charge is 0.309 e. The molecule has 1 aromatic rings. The fourth-order valence-electron chi connectivity index (χ4n) is 1.75. The zero-order valence-corrected chi connectivity index (χ0v) is 12.3. The van der Waals surface area contributed by atoms with Crippen molar-refractivity contribution < 1.29 is 4.79 Å². The molecule has 0 fully saturated rings. The van der Waals surface area contributed by atoms with E-state index < -0.39 is 0 Å². The van der Waals surface area contributed by atoms with Gasteiger partial charge in [-0.2, -0.15) is 0 Å². The van der Waals surface area contributed by atoms with Crippen molar-refractivity contribution in [2.75, 3.05) is 20.6 Å². The molecule has 0 spiro atoms. The van der Waals surface area contributed by atoms with Crippen LogP contribution in [0.25, 0.3) is 6.08 Å². The van der Waals surface area contributed by atoms with Crippen LogP contribution in [0.15, 0.2) is 30.3 Å². The van der Waals surface area contributed by atoms with Crippen molar-refractivity contribution in [2.24, 2.45) is 5.92 Å². The molecular formula is C15H22ClNO. The first-order chi connectivity index (χ1) is 7.99. The lowest BCUT2D eigenvalue weighted by Crippen LogP contribution is -2.24. The van der Waals surface area contributed by atoms with Crippen LogP contribution in [-0.2, 0) is 4.79 Å². The standard InChI is InChI=1S/C15H21NO.ClH/c1-12-6-5-7-14(10-12)8-9-15(17)13(2)11-16(3)4;/h5-10,13H,11H2,1-4H3;1H. The van der Waals surface area contributed by atoms with Crippen LogP contribution in [0.1, 0.15) is 18.1 Å². The van der Waals surface area contributed by atoms with Gasteiger partial charge in [0, 0.05) is 12.5 Å². The van der Waals surface area contributed by atoms with Crippen molar-refractivity contribution in [3.05, 3.63) is 41.5 Å². The molecule has 1 atom stereocenters. The van der Waals surface area contributed by atoms with Gasteiger partial charge in [0.25, 0.3) is 0 Å². The van der Waals surface area contributed by atoms with E-state index in [-0.39, 0.29) is 24.1 Å². The molecule has 1 rings (SSSR count). The predicted molar refractivity (Wildman–Crippen MR) is 80.2 cm³/mol. The maximum Gasteiger partial charge on any atom is 0.159 e. The summed E-state index contributed by atoms with van der Waals surface area (Å²) < 4.78 is 0. The van der Waals surface area contributed by atoms with Gasteiger partial charge in [-0.1, -0.05) is 42.8 Å². The molecule has 1 aromatic carbocycles. The van der Waals surface area contributed by atoms with Crippen molar-refractivity contribution in [1.82, 2.24) is 4.90 Å². The molecule has 18 heavy (non-hydrogen) atoms. The summed E-state index contributed by atoms with van der Waals surface area (Å²) in [5.41, 5.74) is 2.29. The highest BCUT2D eigenvalue weighted by Gasteiger charge is 2.10. The highest BCUT2D eigenvalue weighted by atomic mass is 35.5. The van der Waals surface area contributed by atoms with Crippen molar-refractivity contribution in [3.8, 4) is 0 Å². The molecule has 0 bridgehead atoms. The predicted octanol–water partition coefficient (Wildman–Crippen LogP) is 3.20. The molecule has 0 saturated heterocycles. The van der Waals surface area contributed by atoms with E-state index in [2.05, 4.69) is 6.07 Å². The number of benzene rings is 1. The van der Waals surface area contributed by atoms with E-state index in [1.54, 1.807) is 6.08 Å². The van der Waals surface area contributed by atoms with Crippen LogP contribution in [0.5, 0.6) is 0 Å². The molecule has 0 aromatic heterocycles. The van der Waals surface area contributed by atoms with Gasteiger partial charge in [-0.05, 0) is 32.7 Å². The van der Waals surface area contributed by atoms with Gasteiger partial charge in [0.05, 0.1) is 0 Å². The second-order valence-electron chi connectivity index (χ2n) is 4.81. The molecule has 0 amide bonds. The fourth-order valence-corrected chi connectivity index (χ4v) is 1.75. The number of nitrogens with zero attached hydrogens (tertiary/aromatic N) is 1. The molecule has 3 heteroatoms. The Morgan fingerprint density at radius 1 is 1.39 bits per heavy atom. The fraction of sp³-hybridized carbons (Fsp3) is 0.400. The minimum absolute atomic E-state index is 0. The number of allylic oxidation sites excluding steroid dienone is 1. The molecule has 0 N–H and O–H groups in total. The zero-order chi connectivity index (χ0) is 12.8. The minimum atomic E-state index is 0. The van der Waals surface area contributed by atoms with Crippen LogP contribution in [0.4, 0.5) is 0 Å². The molecule has 1 unspecified atom stereocenters. The topological polar surface area (TPSA) is 20.3 Å². The van der Waals surface area contributed by atoms with Crippen molar-refractivity contribution in [3.63, 3.8) is 0 Å². The monoisotopic (exact) mass is 267 g/mol.